The predicted molar refractivity (Wildman–Crippen MR) is 65.1 cm³/mol. The molecule has 2 heteroatoms. The molecule has 0 bridgehead atoms. The summed E-state index contributed by atoms with van der Waals surface area (Å²) in [4.78, 5) is 1.19. The van der Waals surface area contributed by atoms with Gasteiger partial charge in [0.25, 0.3) is 0 Å². The summed E-state index contributed by atoms with van der Waals surface area (Å²) in [5.41, 5.74) is 1.26. The highest BCUT2D eigenvalue weighted by molar-refractivity contribution is 7.10. The fraction of sp³-hybridized carbons (Fsp3) is 0.692. The minimum absolute atomic E-state index is 0.207. The predicted octanol–water partition coefficient (Wildman–Crippen LogP) is 3.92. The molecule has 84 valence electrons. The number of aliphatic hydroxyl groups excluding tert-OH is 1. The van der Waals surface area contributed by atoms with Crippen LogP contribution in [-0.2, 0) is 0 Å². The second kappa shape index (κ2) is 4.67. The number of thiophene rings is 1. The van der Waals surface area contributed by atoms with Crippen LogP contribution in [0.5, 0.6) is 0 Å². The van der Waals surface area contributed by atoms with Crippen LogP contribution in [0.1, 0.15) is 49.2 Å². The minimum atomic E-state index is -0.207. The van der Waals surface area contributed by atoms with Gasteiger partial charge in [0.2, 0.25) is 0 Å². The van der Waals surface area contributed by atoms with Crippen LogP contribution in [0.4, 0.5) is 0 Å². The molecule has 3 unspecified atom stereocenters. The van der Waals surface area contributed by atoms with E-state index in [0.717, 1.165) is 5.92 Å². The van der Waals surface area contributed by atoms with Crippen molar-refractivity contribution in [2.24, 2.45) is 11.8 Å². The molecule has 1 heterocycles. The van der Waals surface area contributed by atoms with E-state index in [9.17, 15) is 5.11 Å². The van der Waals surface area contributed by atoms with Crippen molar-refractivity contribution in [3.05, 3.63) is 21.9 Å². The Balaban J connectivity index is 2.03. The highest BCUT2D eigenvalue weighted by Gasteiger charge is 2.30. The van der Waals surface area contributed by atoms with E-state index in [4.69, 9.17) is 0 Å². The van der Waals surface area contributed by atoms with Crippen LogP contribution in [0.25, 0.3) is 0 Å². The molecule has 0 amide bonds. The van der Waals surface area contributed by atoms with Gasteiger partial charge >= 0.3 is 0 Å². The van der Waals surface area contributed by atoms with Gasteiger partial charge in [0, 0.05) is 4.88 Å². The van der Waals surface area contributed by atoms with Crippen LogP contribution in [-0.4, -0.2) is 5.11 Å². The third kappa shape index (κ3) is 2.26. The first-order valence-corrected chi connectivity index (χ1v) is 6.82. The molecular weight excluding hydrogens is 204 g/mol. The van der Waals surface area contributed by atoms with Crippen molar-refractivity contribution in [3.63, 3.8) is 0 Å². The van der Waals surface area contributed by atoms with Gasteiger partial charge in [-0.2, -0.15) is 0 Å². The van der Waals surface area contributed by atoms with Gasteiger partial charge < -0.3 is 5.11 Å². The summed E-state index contributed by atoms with van der Waals surface area (Å²) >= 11 is 1.70. The first kappa shape index (κ1) is 11.2. The van der Waals surface area contributed by atoms with Crippen molar-refractivity contribution in [3.8, 4) is 0 Å². The molecule has 1 aliphatic carbocycles. The van der Waals surface area contributed by atoms with E-state index in [1.54, 1.807) is 11.3 Å². The molecule has 15 heavy (non-hydrogen) atoms. The Kier molecular flexibility index (Phi) is 3.47. The van der Waals surface area contributed by atoms with Gasteiger partial charge in [0.15, 0.2) is 0 Å². The summed E-state index contributed by atoms with van der Waals surface area (Å²) in [6.07, 6.45) is 4.79. The largest absolute Gasteiger partial charge is 0.387 e. The molecule has 0 spiro atoms. The van der Waals surface area contributed by atoms with Gasteiger partial charge in [-0.25, -0.2) is 0 Å². The average Bonchev–Trinajstić information content (AvgIpc) is 2.84. The number of aliphatic hydroxyl groups is 1. The second-order valence-electron chi connectivity index (χ2n) is 4.76. The van der Waals surface area contributed by atoms with E-state index in [1.807, 2.05) is 0 Å². The van der Waals surface area contributed by atoms with E-state index in [-0.39, 0.29) is 6.10 Å². The highest BCUT2D eigenvalue weighted by Crippen LogP contribution is 2.42. The standard InChI is InChI=1S/C13H20OS/c1-3-10-4-5-11(8-10)12(14)13-9(2)6-7-15-13/h6-7,10-12,14H,3-5,8H2,1-2H3. The molecule has 0 aromatic carbocycles. The maximum atomic E-state index is 10.3. The number of rotatable bonds is 3. The normalized spacial score (nSPS) is 28.2. The SMILES string of the molecule is CCC1CCC(C(O)c2sccc2C)C1. The van der Waals surface area contributed by atoms with Gasteiger partial charge in [-0.3, -0.25) is 0 Å². The van der Waals surface area contributed by atoms with Crippen molar-refractivity contribution in [1.82, 2.24) is 0 Å². The summed E-state index contributed by atoms with van der Waals surface area (Å²) in [7, 11) is 0. The van der Waals surface area contributed by atoms with Gasteiger partial charge in [0.05, 0.1) is 6.10 Å². The van der Waals surface area contributed by atoms with Crippen LogP contribution in [0.15, 0.2) is 11.4 Å². The van der Waals surface area contributed by atoms with Crippen molar-refractivity contribution in [2.75, 3.05) is 0 Å². The molecule has 1 saturated carbocycles. The quantitative estimate of drug-likeness (QED) is 0.825. The zero-order chi connectivity index (χ0) is 10.8. The van der Waals surface area contributed by atoms with Crippen molar-refractivity contribution < 1.29 is 5.11 Å². The molecule has 3 atom stereocenters. The second-order valence-corrected chi connectivity index (χ2v) is 5.71. The molecule has 1 fully saturated rings. The summed E-state index contributed by atoms with van der Waals surface area (Å²) < 4.78 is 0. The number of aryl methyl sites for hydroxylation is 1. The molecule has 0 saturated heterocycles. The van der Waals surface area contributed by atoms with E-state index in [2.05, 4.69) is 25.3 Å². The molecule has 2 rings (SSSR count). The Hall–Kier alpha value is -0.340. The molecule has 0 aliphatic heterocycles. The Morgan fingerprint density at radius 1 is 1.53 bits per heavy atom. The molecule has 1 nitrogen and oxygen atoms in total. The van der Waals surface area contributed by atoms with Gasteiger partial charge in [0.1, 0.15) is 0 Å². The lowest BCUT2D eigenvalue weighted by molar-refractivity contribution is 0.112. The zero-order valence-electron chi connectivity index (χ0n) is 9.57. The van der Waals surface area contributed by atoms with Crippen LogP contribution < -0.4 is 0 Å². The highest BCUT2D eigenvalue weighted by atomic mass is 32.1. The third-order valence-corrected chi connectivity index (χ3v) is 4.87. The number of hydrogen-bond donors (Lipinski definition) is 1. The van der Waals surface area contributed by atoms with Crippen molar-refractivity contribution in [2.45, 2.75) is 45.6 Å². The molecule has 1 N–H and O–H groups in total. The summed E-state index contributed by atoms with van der Waals surface area (Å²) in [6.45, 7) is 4.36. The molecule has 0 radical (unpaired) electrons. The number of hydrogen-bond acceptors (Lipinski definition) is 2. The van der Waals surface area contributed by atoms with Gasteiger partial charge in [-0.15, -0.1) is 11.3 Å². The van der Waals surface area contributed by atoms with Crippen LogP contribution in [0.2, 0.25) is 0 Å². The first-order chi connectivity index (χ1) is 7.22. The summed E-state index contributed by atoms with van der Waals surface area (Å²) in [5, 5.41) is 12.4. The third-order valence-electron chi connectivity index (χ3n) is 3.78. The maximum absolute atomic E-state index is 10.3. The fourth-order valence-electron chi connectivity index (χ4n) is 2.67. The van der Waals surface area contributed by atoms with E-state index >= 15 is 0 Å². The van der Waals surface area contributed by atoms with Crippen molar-refractivity contribution >= 4 is 11.3 Å². The Morgan fingerprint density at radius 2 is 2.33 bits per heavy atom. The fourth-order valence-corrected chi connectivity index (χ4v) is 3.68. The minimum Gasteiger partial charge on any atom is -0.387 e. The van der Waals surface area contributed by atoms with Crippen LogP contribution >= 0.6 is 11.3 Å². The Labute approximate surface area is 96.1 Å². The molecule has 1 aliphatic rings. The monoisotopic (exact) mass is 224 g/mol. The summed E-state index contributed by atoms with van der Waals surface area (Å²) in [6, 6.07) is 2.11. The lowest BCUT2D eigenvalue weighted by Gasteiger charge is -2.17. The first-order valence-electron chi connectivity index (χ1n) is 5.94. The Morgan fingerprint density at radius 3 is 2.87 bits per heavy atom. The van der Waals surface area contributed by atoms with Crippen LogP contribution in [0, 0.1) is 18.8 Å². The summed E-state index contributed by atoms with van der Waals surface area (Å²) in [5.74, 6) is 1.36. The van der Waals surface area contributed by atoms with Gasteiger partial charge in [-0.1, -0.05) is 19.8 Å². The van der Waals surface area contributed by atoms with E-state index in [1.165, 1.54) is 36.1 Å². The molecule has 1 aromatic rings. The lowest BCUT2D eigenvalue weighted by Crippen LogP contribution is -2.09. The van der Waals surface area contributed by atoms with Gasteiger partial charge in [-0.05, 0) is 48.6 Å². The average molecular weight is 224 g/mol. The van der Waals surface area contributed by atoms with Crippen molar-refractivity contribution in [1.29, 1.82) is 0 Å². The Bertz CT molecular complexity index is 318. The molecular formula is C13H20OS. The smallest absolute Gasteiger partial charge is 0.0912 e. The molecule has 1 aromatic heterocycles. The topological polar surface area (TPSA) is 20.2 Å². The maximum Gasteiger partial charge on any atom is 0.0912 e. The van der Waals surface area contributed by atoms with E-state index in [0.29, 0.717) is 5.92 Å². The van der Waals surface area contributed by atoms with E-state index < -0.39 is 0 Å². The van der Waals surface area contributed by atoms with Crippen LogP contribution in [0.3, 0.4) is 0 Å². The zero-order valence-corrected chi connectivity index (χ0v) is 10.4. The lowest BCUT2D eigenvalue weighted by atomic mass is 9.96.